The van der Waals surface area contributed by atoms with Crippen LogP contribution in [0.1, 0.15) is 37.7 Å². The molecule has 0 bridgehead atoms. The van der Waals surface area contributed by atoms with Crippen molar-refractivity contribution in [3.8, 4) is 0 Å². The van der Waals surface area contributed by atoms with Crippen molar-refractivity contribution in [2.24, 2.45) is 4.99 Å². The molecular formula is C22H36ClN5. The molecule has 2 N–H and O–H groups in total. The van der Waals surface area contributed by atoms with Gasteiger partial charge < -0.3 is 15.5 Å². The van der Waals surface area contributed by atoms with Crippen LogP contribution in [0, 0.1) is 0 Å². The van der Waals surface area contributed by atoms with Gasteiger partial charge in [0.15, 0.2) is 5.96 Å². The second-order valence-corrected chi connectivity index (χ2v) is 8.74. The van der Waals surface area contributed by atoms with E-state index in [4.69, 9.17) is 11.6 Å². The van der Waals surface area contributed by atoms with E-state index >= 15 is 0 Å². The third-order valence-electron chi connectivity index (χ3n) is 6.37. The van der Waals surface area contributed by atoms with Crippen LogP contribution in [0.25, 0.3) is 0 Å². The number of hydrogen-bond donors (Lipinski definition) is 2. The van der Waals surface area contributed by atoms with Gasteiger partial charge >= 0.3 is 0 Å². The SMILES string of the molecule is CN=C(NCCc1ccc(Cl)cc1)NCC1(N2CCCCC2)CCN(C)CC1. The summed E-state index contributed by atoms with van der Waals surface area (Å²) < 4.78 is 0. The largest absolute Gasteiger partial charge is 0.356 e. The number of aliphatic imine (C=N–C) groups is 1. The van der Waals surface area contributed by atoms with Crippen LogP contribution in [-0.4, -0.2) is 74.7 Å². The monoisotopic (exact) mass is 405 g/mol. The molecule has 0 aliphatic carbocycles. The zero-order valence-electron chi connectivity index (χ0n) is 17.5. The molecule has 6 heteroatoms. The van der Waals surface area contributed by atoms with Crippen LogP contribution in [0.2, 0.25) is 5.02 Å². The standard InChI is InChI=1S/C22H36ClN5/c1-24-21(25-13-10-19-6-8-20(23)9-7-19)26-18-22(11-16-27(2)17-12-22)28-14-4-3-5-15-28/h6-9H,3-5,10-18H2,1-2H3,(H2,24,25,26). The van der Waals surface area contributed by atoms with Gasteiger partial charge in [-0.05, 0) is 83.0 Å². The van der Waals surface area contributed by atoms with Gasteiger partial charge in [-0.2, -0.15) is 0 Å². The highest BCUT2D eigenvalue weighted by atomic mass is 35.5. The summed E-state index contributed by atoms with van der Waals surface area (Å²) in [6, 6.07) is 8.08. The number of likely N-dealkylation sites (tertiary alicyclic amines) is 2. The summed E-state index contributed by atoms with van der Waals surface area (Å²) in [5.74, 6) is 0.907. The first kappa shape index (κ1) is 21.4. The first-order valence-corrected chi connectivity index (χ1v) is 11.1. The van der Waals surface area contributed by atoms with Crippen LogP contribution in [0.5, 0.6) is 0 Å². The molecule has 5 nitrogen and oxygen atoms in total. The van der Waals surface area contributed by atoms with Gasteiger partial charge in [0.05, 0.1) is 0 Å². The molecule has 0 atom stereocenters. The van der Waals surface area contributed by atoms with Crippen LogP contribution < -0.4 is 10.6 Å². The van der Waals surface area contributed by atoms with Crippen molar-refractivity contribution in [2.75, 3.05) is 53.4 Å². The molecule has 0 spiro atoms. The summed E-state index contributed by atoms with van der Waals surface area (Å²) in [7, 11) is 4.10. The van der Waals surface area contributed by atoms with E-state index in [1.165, 1.54) is 63.8 Å². The molecule has 1 aromatic carbocycles. The maximum absolute atomic E-state index is 5.97. The number of nitrogens with one attached hydrogen (secondary N) is 2. The zero-order chi connectivity index (χ0) is 19.8. The molecule has 28 heavy (non-hydrogen) atoms. The van der Waals surface area contributed by atoms with E-state index in [1.807, 2.05) is 19.2 Å². The van der Waals surface area contributed by atoms with Crippen molar-refractivity contribution < 1.29 is 0 Å². The molecule has 156 valence electrons. The zero-order valence-corrected chi connectivity index (χ0v) is 18.3. The molecule has 0 unspecified atom stereocenters. The molecule has 0 radical (unpaired) electrons. The van der Waals surface area contributed by atoms with Crippen LogP contribution in [0.4, 0.5) is 0 Å². The highest BCUT2D eigenvalue weighted by Crippen LogP contribution is 2.30. The number of benzene rings is 1. The normalized spacial score (nSPS) is 21.5. The van der Waals surface area contributed by atoms with Crippen molar-refractivity contribution in [2.45, 2.75) is 44.1 Å². The van der Waals surface area contributed by atoms with E-state index in [2.05, 4.69) is 44.6 Å². The second kappa shape index (κ2) is 10.5. The molecule has 2 aliphatic heterocycles. The smallest absolute Gasteiger partial charge is 0.191 e. The van der Waals surface area contributed by atoms with Gasteiger partial charge in [-0.1, -0.05) is 30.2 Å². The Morgan fingerprint density at radius 3 is 2.36 bits per heavy atom. The predicted molar refractivity (Wildman–Crippen MR) is 119 cm³/mol. The first-order valence-electron chi connectivity index (χ1n) is 10.7. The Kier molecular flexibility index (Phi) is 8.00. The molecule has 2 heterocycles. The number of rotatable bonds is 6. The lowest BCUT2D eigenvalue weighted by molar-refractivity contribution is 0.0173. The molecule has 2 saturated heterocycles. The van der Waals surface area contributed by atoms with Crippen LogP contribution in [0.3, 0.4) is 0 Å². The Balaban J connectivity index is 1.52. The molecule has 0 amide bonds. The van der Waals surface area contributed by atoms with Crippen molar-refractivity contribution in [3.05, 3.63) is 34.9 Å². The summed E-state index contributed by atoms with van der Waals surface area (Å²) in [5, 5.41) is 7.91. The van der Waals surface area contributed by atoms with Crippen LogP contribution in [-0.2, 0) is 6.42 Å². The van der Waals surface area contributed by atoms with E-state index < -0.39 is 0 Å². The van der Waals surface area contributed by atoms with E-state index in [9.17, 15) is 0 Å². The molecule has 0 saturated carbocycles. The summed E-state index contributed by atoms with van der Waals surface area (Å²) >= 11 is 5.97. The third-order valence-corrected chi connectivity index (χ3v) is 6.62. The Morgan fingerprint density at radius 2 is 1.71 bits per heavy atom. The number of guanidine groups is 1. The Hall–Kier alpha value is -1.30. The van der Waals surface area contributed by atoms with Gasteiger partial charge in [0.2, 0.25) is 0 Å². The van der Waals surface area contributed by atoms with Gasteiger partial charge in [0.25, 0.3) is 0 Å². The summed E-state index contributed by atoms with van der Waals surface area (Å²) in [4.78, 5) is 9.67. The molecule has 0 aromatic heterocycles. The maximum atomic E-state index is 5.97. The maximum Gasteiger partial charge on any atom is 0.191 e. The van der Waals surface area contributed by atoms with Crippen LogP contribution in [0.15, 0.2) is 29.3 Å². The minimum atomic E-state index is 0.265. The lowest BCUT2D eigenvalue weighted by Gasteiger charge is -2.50. The quantitative estimate of drug-likeness (QED) is 0.564. The predicted octanol–water partition coefficient (Wildman–Crippen LogP) is 3.00. The fraction of sp³-hybridized carbons (Fsp3) is 0.682. The van der Waals surface area contributed by atoms with Gasteiger partial charge in [-0.3, -0.25) is 9.89 Å². The number of hydrogen-bond acceptors (Lipinski definition) is 3. The topological polar surface area (TPSA) is 42.9 Å². The highest BCUT2D eigenvalue weighted by molar-refractivity contribution is 6.30. The number of halogens is 1. The Labute approximate surface area is 175 Å². The van der Waals surface area contributed by atoms with Gasteiger partial charge in [-0.25, -0.2) is 0 Å². The van der Waals surface area contributed by atoms with E-state index in [-0.39, 0.29) is 5.54 Å². The second-order valence-electron chi connectivity index (χ2n) is 8.30. The first-order chi connectivity index (χ1) is 13.6. The Bertz CT molecular complexity index is 616. The average molecular weight is 406 g/mol. The summed E-state index contributed by atoms with van der Waals surface area (Å²) in [6.07, 6.45) is 7.49. The fourth-order valence-electron chi connectivity index (χ4n) is 4.45. The average Bonchev–Trinajstić information content (AvgIpc) is 2.74. The van der Waals surface area contributed by atoms with Crippen molar-refractivity contribution in [1.29, 1.82) is 0 Å². The Morgan fingerprint density at radius 1 is 1.04 bits per heavy atom. The molecular weight excluding hydrogens is 370 g/mol. The molecule has 3 rings (SSSR count). The van der Waals surface area contributed by atoms with Gasteiger partial charge in [0, 0.05) is 30.7 Å². The molecule has 2 aliphatic rings. The van der Waals surface area contributed by atoms with Gasteiger partial charge in [-0.15, -0.1) is 0 Å². The van der Waals surface area contributed by atoms with Crippen LogP contribution >= 0.6 is 11.6 Å². The van der Waals surface area contributed by atoms with Gasteiger partial charge in [0.1, 0.15) is 0 Å². The summed E-state index contributed by atoms with van der Waals surface area (Å²) in [5.41, 5.74) is 1.55. The number of piperidine rings is 2. The lowest BCUT2D eigenvalue weighted by Crippen LogP contribution is -2.62. The van der Waals surface area contributed by atoms with E-state index in [0.717, 1.165) is 30.5 Å². The number of nitrogens with zero attached hydrogens (tertiary/aromatic N) is 3. The molecule has 1 aromatic rings. The molecule has 2 fully saturated rings. The van der Waals surface area contributed by atoms with Crippen molar-refractivity contribution in [1.82, 2.24) is 20.4 Å². The van der Waals surface area contributed by atoms with E-state index in [1.54, 1.807) is 0 Å². The lowest BCUT2D eigenvalue weighted by atomic mass is 9.84. The minimum Gasteiger partial charge on any atom is -0.356 e. The van der Waals surface area contributed by atoms with Crippen molar-refractivity contribution in [3.63, 3.8) is 0 Å². The summed E-state index contributed by atoms with van der Waals surface area (Å²) in [6.45, 7) is 6.69. The fourth-order valence-corrected chi connectivity index (χ4v) is 4.58. The minimum absolute atomic E-state index is 0.265. The highest BCUT2D eigenvalue weighted by Gasteiger charge is 2.39. The van der Waals surface area contributed by atoms with E-state index in [0.29, 0.717) is 0 Å². The van der Waals surface area contributed by atoms with Crippen molar-refractivity contribution >= 4 is 17.6 Å². The third kappa shape index (κ3) is 5.85.